The first kappa shape index (κ1) is 13.5. The first-order valence-electron chi connectivity index (χ1n) is 6.47. The van der Waals surface area contributed by atoms with Gasteiger partial charge in [-0.3, -0.25) is 4.79 Å². The molecule has 0 saturated carbocycles. The highest BCUT2D eigenvalue weighted by molar-refractivity contribution is 6.28. The van der Waals surface area contributed by atoms with Crippen LogP contribution in [-0.2, 0) is 11.2 Å². The minimum atomic E-state index is -0.138. The second-order valence-electron chi connectivity index (χ2n) is 4.57. The summed E-state index contributed by atoms with van der Waals surface area (Å²) in [6.45, 7) is 0. The topological polar surface area (TPSA) is 54.9 Å². The van der Waals surface area contributed by atoms with Gasteiger partial charge < -0.3 is 5.32 Å². The molecule has 1 heterocycles. The van der Waals surface area contributed by atoms with Crippen LogP contribution in [0.2, 0.25) is 5.28 Å². The Hall–Kier alpha value is -2.46. The normalized spacial score (nSPS) is 10.5. The van der Waals surface area contributed by atoms with E-state index in [0.717, 1.165) is 16.3 Å². The van der Waals surface area contributed by atoms with E-state index in [0.29, 0.717) is 5.82 Å². The lowest BCUT2D eigenvalue weighted by atomic mass is 10.0. The van der Waals surface area contributed by atoms with Gasteiger partial charge in [-0.15, -0.1) is 0 Å². The van der Waals surface area contributed by atoms with Crippen LogP contribution >= 0.6 is 11.6 Å². The molecule has 0 unspecified atom stereocenters. The smallest absolute Gasteiger partial charge is 0.229 e. The summed E-state index contributed by atoms with van der Waals surface area (Å²) in [6.07, 6.45) is 1.78. The highest BCUT2D eigenvalue weighted by Gasteiger charge is 2.08. The van der Waals surface area contributed by atoms with Crippen molar-refractivity contribution in [2.24, 2.45) is 0 Å². The number of rotatable bonds is 3. The molecule has 5 heteroatoms. The van der Waals surface area contributed by atoms with Crippen molar-refractivity contribution >= 4 is 34.1 Å². The van der Waals surface area contributed by atoms with Gasteiger partial charge in [0.2, 0.25) is 11.2 Å². The first-order chi connectivity index (χ1) is 10.2. The fourth-order valence-electron chi connectivity index (χ4n) is 2.21. The maximum atomic E-state index is 12.1. The average molecular weight is 298 g/mol. The van der Waals surface area contributed by atoms with Crippen molar-refractivity contribution in [2.45, 2.75) is 6.42 Å². The van der Waals surface area contributed by atoms with E-state index in [1.807, 2.05) is 42.5 Å². The minimum Gasteiger partial charge on any atom is -0.310 e. The third kappa shape index (κ3) is 3.17. The number of aromatic nitrogens is 2. The molecule has 0 aliphatic heterocycles. The van der Waals surface area contributed by atoms with Gasteiger partial charge in [0.25, 0.3) is 0 Å². The molecule has 1 aromatic heterocycles. The lowest BCUT2D eigenvalue weighted by Crippen LogP contribution is -2.15. The number of hydrogen-bond acceptors (Lipinski definition) is 3. The molecular weight excluding hydrogens is 286 g/mol. The minimum absolute atomic E-state index is 0.109. The Bertz CT molecular complexity index is 799. The highest BCUT2D eigenvalue weighted by Crippen LogP contribution is 2.19. The molecule has 0 atom stereocenters. The molecule has 0 aliphatic carbocycles. The number of anilines is 1. The Morgan fingerprint density at radius 3 is 2.76 bits per heavy atom. The first-order valence-corrected chi connectivity index (χ1v) is 6.85. The maximum absolute atomic E-state index is 12.1. The van der Waals surface area contributed by atoms with Gasteiger partial charge in [0.1, 0.15) is 5.82 Å². The SMILES string of the molecule is O=C(Cc1cccc2ccccc12)Nc1ccnc(Cl)n1. The molecule has 0 saturated heterocycles. The zero-order valence-electron chi connectivity index (χ0n) is 11.1. The summed E-state index contributed by atoms with van der Waals surface area (Å²) in [7, 11) is 0. The fraction of sp³-hybridized carbons (Fsp3) is 0.0625. The summed E-state index contributed by atoms with van der Waals surface area (Å²) in [5.74, 6) is 0.265. The summed E-state index contributed by atoms with van der Waals surface area (Å²) in [5, 5.41) is 5.03. The van der Waals surface area contributed by atoms with Crippen LogP contribution in [0.5, 0.6) is 0 Å². The second-order valence-corrected chi connectivity index (χ2v) is 4.91. The van der Waals surface area contributed by atoms with Crippen molar-refractivity contribution in [1.29, 1.82) is 0 Å². The van der Waals surface area contributed by atoms with Gasteiger partial charge in [-0.1, -0.05) is 42.5 Å². The van der Waals surface area contributed by atoms with Crippen molar-refractivity contribution < 1.29 is 4.79 Å². The molecule has 0 aliphatic rings. The van der Waals surface area contributed by atoms with Gasteiger partial charge in [0, 0.05) is 6.20 Å². The van der Waals surface area contributed by atoms with Crippen molar-refractivity contribution in [3.05, 3.63) is 65.6 Å². The van der Waals surface area contributed by atoms with E-state index in [1.165, 1.54) is 6.20 Å². The largest absolute Gasteiger partial charge is 0.310 e. The Balaban J connectivity index is 1.80. The van der Waals surface area contributed by atoms with Crippen LogP contribution in [0.25, 0.3) is 10.8 Å². The number of nitrogens with one attached hydrogen (secondary N) is 1. The standard InChI is InChI=1S/C16H12ClN3O/c17-16-18-9-8-14(20-16)19-15(21)10-12-6-3-5-11-4-1-2-7-13(11)12/h1-9H,10H2,(H,18,19,20,21). The van der Waals surface area contributed by atoms with E-state index < -0.39 is 0 Å². The molecule has 0 bridgehead atoms. The number of hydrogen-bond donors (Lipinski definition) is 1. The second kappa shape index (κ2) is 5.89. The zero-order chi connectivity index (χ0) is 14.7. The number of nitrogens with zero attached hydrogens (tertiary/aromatic N) is 2. The van der Waals surface area contributed by atoms with Gasteiger partial charge in [-0.2, -0.15) is 0 Å². The van der Waals surface area contributed by atoms with Crippen molar-refractivity contribution in [2.75, 3.05) is 5.32 Å². The fourth-order valence-corrected chi connectivity index (χ4v) is 2.36. The van der Waals surface area contributed by atoms with Crippen molar-refractivity contribution in [3.63, 3.8) is 0 Å². The van der Waals surface area contributed by atoms with E-state index >= 15 is 0 Å². The van der Waals surface area contributed by atoms with Gasteiger partial charge in [0.05, 0.1) is 6.42 Å². The third-order valence-corrected chi connectivity index (χ3v) is 3.31. The van der Waals surface area contributed by atoms with Crippen LogP contribution < -0.4 is 5.32 Å². The molecule has 104 valence electrons. The van der Waals surface area contributed by atoms with Crippen molar-refractivity contribution in [3.8, 4) is 0 Å². The molecule has 1 N–H and O–H groups in total. The molecule has 21 heavy (non-hydrogen) atoms. The van der Waals surface area contributed by atoms with E-state index in [-0.39, 0.29) is 17.6 Å². The Morgan fingerprint density at radius 2 is 1.90 bits per heavy atom. The van der Waals surface area contributed by atoms with Crippen LogP contribution in [0.1, 0.15) is 5.56 Å². The Kier molecular flexibility index (Phi) is 3.79. The molecule has 2 aromatic carbocycles. The molecule has 3 aromatic rings. The number of carbonyl (C=O) groups excluding carboxylic acids is 1. The van der Waals surface area contributed by atoms with E-state index in [1.54, 1.807) is 6.07 Å². The Labute approximate surface area is 126 Å². The summed E-state index contributed by atoms with van der Waals surface area (Å²) in [6, 6.07) is 15.5. The van der Waals surface area contributed by atoms with Gasteiger partial charge in [-0.25, -0.2) is 9.97 Å². The van der Waals surface area contributed by atoms with Gasteiger partial charge in [-0.05, 0) is 34.0 Å². The molecular formula is C16H12ClN3O. The quantitative estimate of drug-likeness (QED) is 0.753. The van der Waals surface area contributed by atoms with Crippen LogP contribution in [0, 0.1) is 0 Å². The van der Waals surface area contributed by atoms with Crippen LogP contribution in [0.15, 0.2) is 54.7 Å². The van der Waals surface area contributed by atoms with E-state index in [9.17, 15) is 4.79 Å². The predicted octanol–water partition coefficient (Wildman–Crippen LogP) is 3.46. The maximum Gasteiger partial charge on any atom is 0.229 e. The van der Waals surface area contributed by atoms with Gasteiger partial charge >= 0.3 is 0 Å². The molecule has 0 spiro atoms. The number of halogens is 1. The highest BCUT2D eigenvalue weighted by atomic mass is 35.5. The number of benzene rings is 2. The van der Waals surface area contributed by atoms with Crippen LogP contribution in [0.3, 0.4) is 0 Å². The molecule has 0 fully saturated rings. The van der Waals surface area contributed by atoms with Crippen LogP contribution in [-0.4, -0.2) is 15.9 Å². The zero-order valence-corrected chi connectivity index (χ0v) is 11.8. The third-order valence-electron chi connectivity index (χ3n) is 3.12. The molecule has 3 rings (SSSR count). The number of amides is 1. The summed E-state index contributed by atoms with van der Waals surface area (Å²) in [5.41, 5.74) is 0.978. The summed E-state index contributed by atoms with van der Waals surface area (Å²) < 4.78 is 0. The lowest BCUT2D eigenvalue weighted by Gasteiger charge is -2.07. The number of fused-ring (bicyclic) bond motifs is 1. The van der Waals surface area contributed by atoms with Gasteiger partial charge in [0.15, 0.2) is 0 Å². The average Bonchev–Trinajstić information content (AvgIpc) is 2.47. The Morgan fingerprint density at radius 1 is 1.10 bits per heavy atom. The molecule has 1 amide bonds. The number of carbonyl (C=O) groups is 1. The van der Waals surface area contributed by atoms with Crippen molar-refractivity contribution in [1.82, 2.24) is 9.97 Å². The van der Waals surface area contributed by atoms with E-state index in [2.05, 4.69) is 15.3 Å². The van der Waals surface area contributed by atoms with Crippen LogP contribution in [0.4, 0.5) is 5.82 Å². The summed E-state index contributed by atoms with van der Waals surface area (Å²) in [4.78, 5) is 19.8. The lowest BCUT2D eigenvalue weighted by molar-refractivity contribution is -0.115. The predicted molar refractivity (Wildman–Crippen MR) is 83.3 cm³/mol. The summed E-state index contributed by atoms with van der Waals surface area (Å²) >= 11 is 5.69. The van der Waals surface area contributed by atoms with E-state index in [4.69, 9.17) is 11.6 Å². The molecule has 0 radical (unpaired) electrons. The monoisotopic (exact) mass is 297 g/mol. The molecule has 4 nitrogen and oxygen atoms in total.